The number of aliphatic hydroxyl groups is 2. The fourth-order valence-electron chi connectivity index (χ4n) is 1.78. The second-order valence-electron chi connectivity index (χ2n) is 3.36. The summed E-state index contributed by atoms with van der Waals surface area (Å²) in [5.74, 6) is 0.652. The Labute approximate surface area is 106 Å². The molecule has 1 aromatic carbocycles. The molecule has 1 aromatic rings. The van der Waals surface area contributed by atoms with E-state index >= 15 is 0 Å². The molecule has 1 atom stereocenters. The Hall–Kier alpha value is -0.0400. The highest BCUT2D eigenvalue weighted by atomic mass is 127. The zero-order valence-corrected chi connectivity index (χ0v) is 10.7. The number of hydrogen-bond acceptors (Lipinski definition) is 3. The molecule has 0 aromatic heterocycles. The summed E-state index contributed by atoms with van der Waals surface area (Å²) >= 11 is 8.13. The second-order valence-corrected chi connectivity index (χ2v) is 4.93. The molecule has 0 amide bonds. The van der Waals surface area contributed by atoms with Gasteiger partial charge in [-0.1, -0.05) is 11.6 Å². The maximum absolute atomic E-state index is 9.71. The van der Waals surface area contributed by atoms with Gasteiger partial charge >= 0.3 is 0 Å². The molecule has 15 heavy (non-hydrogen) atoms. The van der Waals surface area contributed by atoms with Crippen LogP contribution in [0.2, 0.25) is 5.02 Å². The molecule has 0 aliphatic carbocycles. The van der Waals surface area contributed by atoms with Crippen molar-refractivity contribution in [3.8, 4) is 5.75 Å². The summed E-state index contributed by atoms with van der Waals surface area (Å²) < 4.78 is 6.26. The van der Waals surface area contributed by atoms with Crippen molar-refractivity contribution in [1.82, 2.24) is 0 Å². The van der Waals surface area contributed by atoms with Gasteiger partial charge in [0, 0.05) is 21.1 Å². The Bertz CT molecular complexity index is 395. The smallest absolute Gasteiger partial charge is 0.141 e. The van der Waals surface area contributed by atoms with Gasteiger partial charge < -0.3 is 14.9 Å². The van der Waals surface area contributed by atoms with Crippen LogP contribution in [0.1, 0.15) is 17.2 Å². The van der Waals surface area contributed by atoms with E-state index in [-0.39, 0.29) is 6.61 Å². The lowest BCUT2D eigenvalue weighted by Gasteiger charge is -2.15. The average Bonchev–Trinajstić information content (AvgIpc) is 2.66. The number of benzene rings is 1. The highest BCUT2D eigenvalue weighted by Gasteiger charge is 2.25. The summed E-state index contributed by atoms with van der Waals surface area (Å²) in [6.07, 6.45) is -0.122. The summed E-state index contributed by atoms with van der Waals surface area (Å²) in [6.45, 7) is 0.296. The van der Waals surface area contributed by atoms with Crippen LogP contribution in [-0.4, -0.2) is 23.4 Å². The molecule has 1 heterocycles. The summed E-state index contributed by atoms with van der Waals surface area (Å²) in [5.41, 5.74) is 1.67. The Balaban J connectivity index is 2.59. The van der Waals surface area contributed by atoms with E-state index < -0.39 is 6.10 Å². The van der Waals surface area contributed by atoms with Gasteiger partial charge in [-0.2, -0.15) is 0 Å². The van der Waals surface area contributed by atoms with Gasteiger partial charge in [-0.05, 0) is 28.7 Å². The predicted molar refractivity (Wildman–Crippen MR) is 65.4 cm³/mol. The zero-order valence-electron chi connectivity index (χ0n) is 7.83. The highest BCUT2D eigenvalue weighted by Crippen LogP contribution is 2.40. The van der Waals surface area contributed by atoms with Crippen molar-refractivity contribution < 1.29 is 14.9 Å². The molecular formula is C10H10ClIO3. The van der Waals surface area contributed by atoms with E-state index in [1.807, 2.05) is 0 Å². The fraction of sp³-hybridized carbons (Fsp3) is 0.400. The first-order valence-electron chi connectivity index (χ1n) is 4.57. The molecule has 5 heteroatoms. The van der Waals surface area contributed by atoms with E-state index in [2.05, 4.69) is 22.6 Å². The maximum Gasteiger partial charge on any atom is 0.141 e. The molecule has 2 rings (SSSR count). The molecule has 1 aliphatic heterocycles. The molecule has 0 bridgehead atoms. The maximum atomic E-state index is 9.71. The summed E-state index contributed by atoms with van der Waals surface area (Å²) in [7, 11) is 0. The summed E-state index contributed by atoms with van der Waals surface area (Å²) in [5, 5.41) is 19.3. The SMILES string of the molecule is OC[C@@H](O)c1c(I)cc(Cl)c2c1CCO2. The fourth-order valence-corrected chi connectivity index (χ4v) is 3.23. The average molecular weight is 341 g/mol. The number of rotatable bonds is 2. The third kappa shape index (κ3) is 1.95. The Kier molecular flexibility index (Phi) is 3.39. The van der Waals surface area contributed by atoms with E-state index in [1.165, 1.54) is 0 Å². The van der Waals surface area contributed by atoms with E-state index in [0.717, 1.165) is 21.1 Å². The van der Waals surface area contributed by atoms with E-state index in [0.29, 0.717) is 17.4 Å². The number of fused-ring (bicyclic) bond motifs is 1. The van der Waals surface area contributed by atoms with Gasteiger partial charge in [0.1, 0.15) is 11.9 Å². The molecular weight excluding hydrogens is 330 g/mol. The van der Waals surface area contributed by atoms with Gasteiger partial charge in [-0.25, -0.2) is 0 Å². The standard InChI is InChI=1S/C10H10ClIO3/c11-6-3-7(12)9(8(14)4-13)5-1-2-15-10(5)6/h3,8,13-14H,1-2,4H2/t8-/m1/s1. The molecule has 82 valence electrons. The Morgan fingerprint density at radius 1 is 1.60 bits per heavy atom. The van der Waals surface area contributed by atoms with E-state index in [9.17, 15) is 5.11 Å². The molecule has 0 saturated carbocycles. The molecule has 0 unspecified atom stereocenters. The largest absolute Gasteiger partial charge is 0.491 e. The van der Waals surface area contributed by atoms with Gasteiger partial charge in [-0.3, -0.25) is 0 Å². The molecule has 0 radical (unpaired) electrons. The summed E-state index contributed by atoms with van der Waals surface area (Å²) in [4.78, 5) is 0. The lowest BCUT2D eigenvalue weighted by atomic mass is 10.0. The van der Waals surface area contributed by atoms with Crippen LogP contribution in [0, 0.1) is 3.57 Å². The zero-order chi connectivity index (χ0) is 11.0. The molecule has 3 nitrogen and oxygen atoms in total. The van der Waals surface area contributed by atoms with Crippen LogP contribution < -0.4 is 4.74 Å². The minimum atomic E-state index is -0.857. The Morgan fingerprint density at radius 2 is 2.33 bits per heavy atom. The predicted octanol–water partition coefficient (Wildman–Crippen LogP) is 1.91. The van der Waals surface area contributed by atoms with Crippen molar-refractivity contribution in [1.29, 1.82) is 0 Å². The minimum Gasteiger partial charge on any atom is -0.491 e. The van der Waals surface area contributed by atoms with Gasteiger partial charge in [0.2, 0.25) is 0 Å². The lowest BCUT2D eigenvalue weighted by Crippen LogP contribution is -2.08. The summed E-state index contributed by atoms with van der Waals surface area (Å²) in [6, 6.07) is 1.75. The van der Waals surface area contributed by atoms with E-state index in [4.69, 9.17) is 21.4 Å². The van der Waals surface area contributed by atoms with Crippen molar-refractivity contribution in [2.24, 2.45) is 0 Å². The van der Waals surface area contributed by atoms with Crippen molar-refractivity contribution in [3.05, 3.63) is 25.8 Å². The molecule has 1 aliphatic rings. The third-order valence-corrected chi connectivity index (χ3v) is 3.60. The minimum absolute atomic E-state index is 0.288. The van der Waals surface area contributed by atoms with E-state index in [1.54, 1.807) is 6.07 Å². The Morgan fingerprint density at radius 3 is 3.00 bits per heavy atom. The van der Waals surface area contributed by atoms with Crippen LogP contribution in [0.3, 0.4) is 0 Å². The topological polar surface area (TPSA) is 49.7 Å². The molecule has 0 saturated heterocycles. The van der Waals surface area contributed by atoms with Crippen molar-refractivity contribution in [3.63, 3.8) is 0 Å². The second kappa shape index (κ2) is 4.45. The van der Waals surface area contributed by atoms with Crippen molar-refractivity contribution >= 4 is 34.2 Å². The van der Waals surface area contributed by atoms with Crippen LogP contribution >= 0.6 is 34.2 Å². The first-order valence-corrected chi connectivity index (χ1v) is 6.03. The third-order valence-electron chi connectivity index (χ3n) is 2.43. The number of ether oxygens (including phenoxy) is 1. The number of halogens is 2. The van der Waals surface area contributed by atoms with Crippen LogP contribution in [0.4, 0.5) is 0 Å². The van der Waals surface area contributed by atoms with Crippen molar-refractivity contribution in [2.75, 3.05) is 13.2 Å². The number of aliphatic hydroxyl groups excluding tert-OH is 2. The normalized spacial score (nSPS) is 16.0. The van der Waals surface area contributed by atoms with Gasteiger partial charge in [0.15, 0.2) is 0 Å². The highest BCUT2D eigenvalue weighted by molar-refractivity contribution is 14.1. The quantitative estimate of drug-likeness (QED) is 0.809. The molecule has 2 N–H and O–H groups in total. The molecule has 0 fully saturated rings. The van der Waals surface area contributed by atoms with Crippen molar-refractivity contribution in [2.45, 2.75) is 12.5 Å². The first-order chi connectivity index (χ1) is 7.15. The van der Waals surface area contributed by atoms with Gasteiger partial charge in [0.25, 0.3) is 0 Å². The van der Waals surface area contributed by atoms with Crippen LogP contribution in [0.25, 0.3) is 0 Å². The monoisotopic (exact) mass is 340 g/mol. The van der Waals surface area contributed by atoms with Gasteiger partial charge in [-0.15, -0.1) is 0 Å². The lowest BCUT2D eigenvalue weighted by molar-refractivity contribution is 0.0944. The number of hydrogen-bond donors (Lipinski definition) is 2. The first kappa shape index (κ1) is 11.4. The molecule has 0 spiro atoms. The van der Waals surface area contributed by atoms with Crippen LogP contribution in [-0.2, 0) is 6.42 Å². The van der Waals surface area contributed by atoms with Gasteiger partial charge in [0.05, 0.1) is 18.2 Å². The van der Waals surface area contributed by atoms with Crippen LogP contribution in [0.5, 0.6) is 5.75 Å². The van der Waals surface area contributed by atoms with Crippen LogP contribution in [0.15, 0.2) is 6.07 Å².